The van der Waals surface area contributed by atoms with Crippen LogP contribution < -0.4 is 5.73 Å². The maximum absolute atomic E-state index is 16.1. The molecule has 0 aliphatic carbocycles. The lowest BCUT2D eigenvalue weighted by atomic mass is 9.95. The molecule has 13 aromatic rings. The number of hydrogen-bond donors (Lipinski definition) is 1. The predicted molar refractivity (Wildman–Crippen MR) is 527 cm³/mol. The summed E-state index contributed by atoms with van der Waals surface area (Å²) in [6, 6.07) is 112. The molecular weight excluding hydrogens is 1840 g/mol. The highest BCUT2D eigenvalue weighted by atomic mass is 16.8. The molecule has 144 heavy (non-hydrogen) atoms. The third-order valence-electron chi connectivity index (χ3n) is 25.5. The van der Waals surface area contributed by atoms with Gasteiger partial charge in [0.25, 0.3) is 0 Å². The van der Waals surface area contributed by atoms with Gasteiger partial charge in [0.05, 0.1) is 80.7 Å². The lowest BCUT2D eigenvalue weighted by Crippen LogP contribution is -2.67. The van der Waals surface area contributed by atoms with E-state index in [-0.39, 0.29) is 87.3 Å². The van der Waals surface area contributed by atoms with E-state index in [0.29, 0.717) is 29.7 Å². The van der Waals surface area contributed by atoms with E-state index in [4.69, 9.17) is 105 Å². The van der Waals surface area contributed by atoms with Crippen LogP contribution in [-0.2, 0) is 139 Å². The number of ether oxygens (including phenoxy) is 21. The molecule has 21 atom stereocenters. The maximum Gasteiger partial charge on any atom is 0.338 e. The van der Waals surface area contributed by atoms with E-state index in [1.807, 2.05) is 224 Å². The summed E-state index contributed by atoms with van der Waals surface area (Å²) in [6.45, 7) is -1.53. The first kappa shape index (κ1) is 101. The summed E-state index contributed by atoms with van der Waals surface area (Å²) in [4.78, 5) is 77.3. The highest BCUT2D eigenvalue weighted by molar-refractivity contribution is 5.92. The van der Waals surface area contributed by atoms with Gasteiger partial charge in [0.1, 0.15) is 92.6 Å². The van der Waals surface area contributed by atoms with Crippen molar-refractivity contribution < 1.29 is 123 Å². The first-order valence-corrected chi connectivity index (χ1v) is 48.7. The second-order valence-electron chi connectivity index (χ2n) is 35.5. The molecule has 0 bridgehead atoms. The largest absolute Gasteiger partial charge is 0.459 e. The van der Waals surface area contributed by atoms with Gasteiger partial charge in [-0.25, -0.2) is 24.0 Å². The van der Waals surface area contributed by atoms with Crippen molar-refractivity contribution in [2.75, 3.05) is 39.6 Å². The molecular formula is C117H115NO26. The Balaban J connectivity index is 0.831. The van der Waals surface area contributed by atoms with Gasteiger partial charge in [-0.1, -0.05) is 309 Å². The van der Waals surface area contributed by atoms with Crippen LogP contribution in [0.15, 0.2) is 376 Å². The van der Waals surface area contributed by atoms with E-state index in [9.17, 15) is 4.79 Å². The molecule has 0 amide bonds. The summed E-state index contributed by atoms with van der Waals surface area (Å²) in [6.07, 6.45) is -30.0. The monoisotopic (exact) mass is 1950 g/mol. The molecule has 18 rings (SSSR count). The highest BCUT2D eigenvalue weighted by Crippen LogP contribution is 2.45. The lowest BCUT2D eigenvalue weighted by Gasteiger charge is -2.50. The summed E-state index contributed by atoms with van der Waals surface area (Å²) in [7, 11) is 0. The van der Waals surface area contributed by atoms with Gasteiger partial charge >= 0.3 is 29.8 Å². The minimum atomic E-state index is -1.97. The van der Waals surface area contributed by atoms with Crippen molar-refractivity contribution >= 4 is 40.6 Å². The number of unbranched alkanes of at least 4 members (excludes halogenated alkanes) is 2. The summed E-state index contributed by atoms with van der Waals surface area (Å²) in [5.74, 6) is -4.29. The SMILES string of the molecule is NCCCCCOC1OC2COC(c3ccccc3)OC2C(OC2OC([C@@H](COC(=O)c3ccccc3)OC(=O)c3ccccc3)C(OC3OC(COC(=O)c4ccccc4)C(OCc4ccccc4)C(OC4OC(COCc5ccccc5)C(OCc5ccccc5)C(OCc5ccc6ccccc6c5)C4OC(=O)c4ccccc4)C3OCc3ccccc3)C2OC(=O)c2ccccc2)C1OCc1ccccc1. The molecule has 744 valence electrons. The smallest absolute Gasteiger partial charge is 0.338 e. The standard InChI is InChI=1S/C117H115NO26/c118-65-37-12-38-66-125-114-104(129-71-81-45-19-4-20-46-81)102(99-95(135-114)77-133-113(140-99)90-60-33-11-34-61-90)143-117-107(139-112(123)89-58-31-10-32-59-89)103(98(141-117)94(134-110(121)87-54-27-8-28-55-87)76-132-109(120)86-52-25-7-26-53-86)144-115-105(130-72-82-47-21-5-22-48-82)101(97(127-70-80-43-17-3-18-44-80)93(137-115)75-131-108(119)85-50-23-6-24-51-85)142-116-106(138-111(122)88-56-29-9-30-57-88)100(128-73-83-63-64-84-49-35-36-62-91(84)67-83)96(126-69-79-41-15-2-16-42-79)92(136-116)74-124-68-78-39-13-1-14-40-78/h1-11,13-36,39-64,67,92-107,113-117H,12,37-38,65-66,68-77,118H2/t92?,93?,94-,95?,96?,97?,98?,99?,100?,101?,102?,103?,104?,105?,106?,107?,113?,114?,115?,116?,117?/m1/s1. The molecule has 27 heteroatoms. The van der Waals surface area contributed by atoms with Gasteiger partial charge in [-0.15, -0.1) is 0 Å². The number of fused-ring (bicyclic) bond motifs is 2. The molecule has 27 nitrogen and oxygen atoms in total. The number of hydrogen-bond acceptors (Lipinski definition) is 27. The van der Waals surface area contributed by atoms with E-state index in [1.165, 1.54) is 0 Å². The Kier molecular flexibility index (Phi) is 36.0. The van der Waals surface area contributed by atoms with Crippen molar-refractivity contribution in [3.63, 3.8) is 0 Å². The fourth-order valence-electron chi connectivity index (χ4n) is 18.1. The van der Waals surface area contributed by atoms with Crippen LogP contribution in [0.25, 0.3) is 10.8 Å². The van der Waals surface area contributed by atoms with Crippen molar-refractivity contribution in [2.24, 2.45) is 5.73 Å². The Morgan fingerprint density at radius 3 is 1.22 bits per heavy atom. The first-order valence-electron chi connectivity index (χ1n) is 48.7. The van der Waals surface area contributed by atoms with E-state index >= 15 is 19.2 Å². The third kappa shape index (κ3) is 26.9. The Hall–Kier alpha value is -13.2. The second-order valence-corrected chi connectivity index (χ2v) is 35.5. The molecule has 0 radical (unpaired) electrons. The molecule has 13 aromatic carbocycles. The normalized spacial score (nSPS) is 24.7. The number of benzene rings is 13. The summed E-state index contributed by atoms with van der Waals surface area (Å²) >= 11 is 0. The van der Waals surface area contributed by atoms with Crippen molar-refractivity contribution in [3.8, 4) is 0 Å². The summed E-state index contributed by atoms with van der Waals surface area (Å²) in [5, 5.41) is 1.92. The van der Waals surface area contributed by atoms with E-state index in [0.717, 1.165) is 45.9 Å². The molecule has 5 saturated heterocycles. The molecule has 0 saturated carbocycles. The van der Waals surface area contributed by atoms with Crippen LogP contribution >= 0.6 is 0 Å². The summed E-state index contributed by atoms with van der Waals surface area (Å²) in [5.41, 5.74) is 11.7. The fraction of sp³-hybridized carbons (Fsp3) is 0.308. The average molecular weight is 1950 g/mol. The summed E-state index contributed by atoms with van der Waals surface area (Å²) < 4.78 is 152. The number of nitrogens with two attached hydrogens (primary N) is 1. The van der Waals surface area contributed by atoms with Gasteiger partial charge in [0, 0.05) is 12.2 Å². The zero-order valence-corrected chi connectivity index (χ0v) is 79.2. The molecule has 5 aliphatic heterocycles. The van der Waals surface area contributed by atoms with Crippen LogP contribution in [0.1, 0.15) is 116 Å². The minimum Gasteiger partial charge on any atom is -0.459 e. The maximum atomic E-state index is 16.1. The molecule has 5 fully saturated rings. The van der Waals surface area contributed by atoms with E-state index < -0.39 is 172 Å². The van der Waals surface area contributed by atoms with Crippen LogP contribution in [0, 0.1) is 0 Å². The Labute approximate surface area is 835 Å². The van der Waals surface area contributed by atoms with Gasteiger partial charge in [-0.3, -0.25) is 0 Å². The topological polar surface area (TPSA) is 305 Å². The second kappa shape index (κ2) is 51.3. The van der Waals surface area contributed by atoms with Gasteiger partial charge in [0.2, 0.25) is 0 Å². The Bertz CT molecular complexity index is 6130. The predicted octanol–water partition coefficient (Wildman–Crippen LogP) is 18.0. The van der Waals surface area contributed by atoms with Gasteiger partial charge in [-0.2, -0.15) is 0 Å². The van der Waals surface area contributed by atoms with Crippen molar-refractivity contribution in [1.82, 2.24) is 0 Å². The molecule has 0 aromatic heterocycles. The molecule has 5 aliphatic rings. The Morgan fingerprint density at radius 1 is 0.306 bits per heavy atom. The zero-order chi connectivity index (χ0) is 98.4. The fourth-order valence-corrected chi connectivity index (χ4v) is 18.1. The minimum absolute atomic E-state index is 0.000276. The number of carbonyl (C=O) groups is 5. The number of carbonyl (C=O) groups excluding carboxylic acids is 5. The third-order valence-corrected chi connectivity index (χ3v) is 25.5. The van der Waals surface area contributed by atoms with Crippen molar-refractivity contribution in [3.05, 3.63) is 443 Å². The van der Waals surface area contributed by atoms with E-state index in [2.05, 4.69) is 0 Å². The highest BCUT2D eigenvalue weighted by Gasteiger charge is 2.62. The molecule has 20 unspecified atom stereocenters. The Morgan fingerprint density at radius 2 is 0.701 bits per heavy atom. The average Bonchev–Trinajstić information content (AvgIpc) is 1.70. The van der Waals surface area contributed by atoms with Crippen LogP contribution in [-0.4, -0.2) is 192 Å². The zero-order valence-electron chi connectivity index (χ0n) is 79.2. The first-order chi connectivity index (χ1) is 70.9. The van der Waals surface area contributed by atoms with Crippen LogP contribution in [0.3, 0.4) is 0 Å². The molecule has 5 heterocycles. The molecule has 2 N–H and O–H groups in total. The number of esters is 5. The van der Waals surface area contributed by atoms with Gasteiger partial charge < -0.3 is 105 Å². The van der Waals surface area contributed by atoms with Crippen molar-refractivity contribution in [2.45, 2.75) is 188 Å². The molecule has 0 spiro atoms. The quantitative estimate of drug-likeness (QED) is 0.0211. The van der Waals surface area contributed by atoms with Gasteiger partial charge in [0.15, 0.2) is 49.8 Å². The number of rotatable bonds is 45. The van der Waals surface area contributed by atoms with Crippen LogP contribution in [0.4, 0.5) is 0 Å². The van der Waals surface area contributed by atoms with Crippen LogP contribution in [0.2, 0.25) is 0 Å². The lowest BCUT2D eigenvalue weighted by molar-refractivity contribution is -0.384. The van der Waals surface area contributed by atoms with Crippen LogP contribution in [0.5, 0.6) is 0 Å². The van der Waals surface area contributed by atoms with Gasteiger partial charge in [-0.05, 0) is 137 Å². The van der Waals surface area contributed by atoms with E-state index in [1.54, 1.807) is 152 Å². The van der Waals surface area contributed by atoms with Crippen molar-refractivity contribution in [1.29, 1.82) is 0 Å².